The number of carbonyl (C=O) groups excluding carboxylic acids is 2. The number of amides is 1. The molecule has 2 heterocycles. The van der Waals surface area contributed by atoms with Crippen LogP contribution >= 0.6 is 0 Å². The monoisotopic (exact) mass is 404 g/mol. The summed E-state index contributed by atoms with van der Waals surface area (Å²) in [5, 5.41) is 3.00. The lowest BCUT2D eigenvalue weighted by Gasteiger charge is -2.05. The number of para-hydroxylation sites is 1. The van der Waals surface area contributed by atoms with Crippen molar-refractivity contribution in [1.29, 1.82) is 0 Å². The van der Waals surface area contributed by atoms with Crippen LogP contribution in [0.1, 0.15) is 15.9 Å². The van der Waals surface area contributed by atoms with Gasteiger partial charge in [0.15, 0.2) is 0 Å². The SMILES string of the molecule is Cn1ccc(NC(=O)C(=O)c2cn(Cc3ccc(F)cc3)c3ccccc23)nc1=O. The minimum Gasteiger partial charge on any atom is -0.342 e. The molecule has 0 aliphatic carbocycles. The standard InChI is InChI=1S/C22H17FN4O3/c1-26-11-10-19(25-22(26)30)24-21(29)20(28)17-13-27(18-5-3-2-4-16(17)18)12-14-6-8-15(23)9-7-14/h2-11,13H,12H2,1H3,(H,24,25,29,30). The van der Waals surface area contributed by atoms with Crippen LogP contribution < -0.4 is 11.0 Å². The molecule has 2 aromatic heterocycles. The number of ketones is 1. The van der Waals surface area contributed by atoms with Gasteiger partial charge in [0.1, 0.15) is 11.6 Å². The first-order valence-electron chi connectivity index (χ1n) is 9.14. The Labute approximate surface area is 170 Å². The predicted octanol–water partition coefficient (Wildman–Crippen LogP) is 2.74. The maximum absolute atomic E-state index is 13.2. The number of benzene rings is 2. The minimum atomic E-state index is -0.888. The third-order valence-electron chi connectivity index (χ3n) is 4.72. The zero-order valence-corrected chi connectivity index (χ0v) is 16.0. The number of hydrogen-bond acceptors (Lipinski definition) is 4. The smallest absolute Gasteiger partial charge is 0.342 e. The van der Waals surface area contributed by atoms with Gasteiger partial charge in [-0.05, 0) is 29.8 Å². The number of nitrogens with zero attached hydrogens (tertiary/aromatic N) is 3. The Balaban J connectivity index is 1.65. The molecule has 0 saturated heterocycles. The second kappa shape index (κ2) is 7.75. The molecule has 0 unspecified atom stereocenters. The van der Waals surface area contributed by atoms with E-state index in [0.29, 0.717) is 11.9 Å². The van der Waals surface area contributed by atoms with Crippen LogP contribution in [0.4, 0.5) is 10.2 Å². The highest BCUT2D eigenvalue weighted by atomic mass is 19.1. The van der Waals surface area contributed by atoms with Gasteiger partial charge in [-0.25, -0.2) is 9.18 Å². The summed E-state index contributed by atoms with van der Waals surface area (Å²) in [6.45, 7) is 0.409. The second-order valence-electron chi connectivity index (χ2n) is 6.80. The van der Waals surface area contributed by atoms with Crippen LogP contribution in [0.2, 0.25) is 0 Å². The van der Waals surface area contributed by atoms with Gasteiger partial charge >= 0.3 is 5.69 Å². The van der Waals surface area contributed by atoms with Gasteiger partial charge in [-0.3, -0.25) is 9.59 Å². The summed E-state index contributed by atoms with van der Waals surface area (Å²) in [5.41, 5.74) is 1.31. The molecule has 1 amide bonds. The van der Waals surface area contributed by atoms with E-state index >= 15 is 0 Å². The molecule has 2 aromatic carbocycles. The Hall–Kier alpha value is -4.07. The molecule has 0 spiro atoms. The van der Waals surface area contributed by atoms with E-state index in [1.165, 1.54) is 36.0 Å². The van der Waals surface area contributed by atoms with Gasteiger partial charge in [0.25, 0.3) is 11.7 Å². The Morgan fingerprint density at radius 2 is 1.80 bits per heavy atom. The number of anilines is 1. The highest BCUT2D eigenvalue weighted by Crippen LogP contribution is 2.23. The molecule has 0 saturated carbocycles. The summed E-state index contributed by atoms with van der Waals surface area (Å²) in [5.74, 6) is -1.95. The molecule has 0 fully saturated rings. The van der Waals surface area contributed by atoms with Crippen molar-refractivity contribution in [2.45, 2.75) is 6.54 Å². The van der Waals surface area contributed by atoms with Crippen LogP contribution in [-0.2, 0) is 18.4 Å². The van der Waals surface area contributed by atoms with Crippen LogP contribution in [0.15, 0.2) is 71.8 Å². The summed E-state index contributed by atoms with van der Waals surface area (Å²) in [6, 6.07) is 14.7. The van der Waals surface area contributed by atoms with Crippen molar-refractivity contribution in [3.8, 4) is 0 Å². The number of halogens is 1. The summed E-state index contributed by atoms with van der Waals surface area (Å²) < 4.78 is 16.3. The van der Waals surface area contributed by atoms with Crippen molar-refractivity contribution >= 4 is 28.4 Å². The van der Waals surface area contributed by atoms with E-state index in [1.54, 1.807) is 30.5 Å². The number of aryl methyl sites for hydroxylation is 1. The van der Waals surface area contributed by atoms with E-state index in [0.717, 1.165) is 11.1 Å². The maximum Gasteiger partial charge on any atom is 0.349 e. The Kier molecular flexibility index (Phi) is 4.97. The lowest BCUT2D eigenvalue weighted by molar-refractivity contribution is -0.112. The van der Waals surface area contributed by atoms with Crippen LogP contribution in [0, 0.1) is 5.82 Å². The third-order valence-corrected chi connectivity index (χ3v) is 4.72. The van der Waals surface area contributed by atoms with Crippen molar-refractivity contribution in [3.63, 3.8) is 0 Å². The number of fused-ring (bicyclic) bond motifs is 1. The van der Waals surface area contributed by atoms with Gasteiger partial charge in [-0.1, -0.05) is 30.3 Å². The minimum absolute atomic E-state index is 0.00602. The van der Waals surface area contributed by atoms with Gasteiger partial charge in [-0.2, -0.15) is 4.98 Å². The van der Waals surface area contributed by atoms with Gasteiger partial charge in [0.05, 0.1) is 5.56 Å². The van der Waals surface area contributed by atoms with Crippen molar-refractivity contribution in [3.05, 3.63) is 94.4 Å². The highest BCUT2D eigenvalue weighted by molar-refractivity contribution is 6.48. The summed E-state index contributed by atoms with van der Waals surface area (Å²) in [6.07, 6.45) is 3.05. The fourth-order valence-electron chi connectivity index (χ4n) is 3.18. The third kappa shape index (κ3) is 3.75. The van der Waals surface area contributed by atoms with E-state index in [4.69, 9.17) is 0 Å². The van der Waals surface area contributed by atoms with Gasteiger partial charge in [0.2, 0.25) is 0 Å². The molecule has 8 heteroatoms. The summed E-state index contributed by atoms with van der Waals surface area (Å²) >= 11 is 0. The largest absolute Gasteiger partial charge is 0.349 e. The van der Waals surface area contributed by atoms with Gasteiger partial charge in [-0.15, -0.1) is 0 Å². The molecule has 4 rings (SSSR count). The average molecular weight is 404 g/mol. The molecule has 4 aromatic rings. The number of hydrogen-bond donors (Lipinski definition) is 1. The zero-order valence-electron chi connectivity index (χ0n) is 16.0. The number of aromatic nitrogens is 3. The predicted molar refractivity (Wildman–Crippen MR) is 110 cm³/mol. The van der Waals surface area contributed by atoms with Crippen LogP contribution in [0.3, 0.4) is 0 Å². The zero-order chi connectivity index (χ0) is 21.3. The first kappa shape index (κ1) is 19.3. The molecule has 0 bridgehead atoms. The Morgan fingerprint density at radius 3 is 2.53 bits per heavy atom. The van der Waals surface area contributed by atoms with Crippen LogP contribution in [0.5, 0.6) is 0 Å². The van der Waals surface area contributed by atoms with Crippen molar-refractivity contribution < 1.29 is 14.0 Å². The maximum atomic E-state index is 13.2. The lowest BCUT2D eigenvalue weighted by Crippen LogP contribution is -2.26. The first-order valence-corrected chi connectivity index (χ1v) is 9.14. The van der Waals surface area contributed by atoms with E-state index in [9.17, 15) is 18.8 Å². The number of carbonyl (C=O) groups is 2. The van der Waals surface area contributed by atoms with Crippen LogP contribution in [0.25, 0.3) is 10.9 Å². The molecule has 0 aliphatic heterocycles. The van der Waals surface area contributed by atoms with E-state index in [-0.39, 0.29) is 17.2 Å². The molecular formula is C22H17FN4O3. The fraction of sp³-hybridized carbons (Fsp3) is 0.0909. The Bertz CT molecular complexity index is 1320. The summed E-state index contributed by atoms with van der Waals surface area (Å²) in [7, 11) is 1.53. The highest BCUT2D eigenvalue weighted by Gasteiger charge is 2.22. The lowest BCUT2D eigenvalue weighted by atomic mass is 10.1. The van der Waals surface area contributed by atoms with Crippen molar-refractivity contribution in [1.82, 2.24) is 14.1 Å². The fourth-order valence-corrected chi connectivity index (χ4v) is 3.18. The van der Waals surface area contributed by atoms with Crippen LogP contribution in [-0.4, -0.2) is 25.8 Å². The summed E-state index contributed by atoms with van der Waals surface area (Å²) in [4.78, 5) is 40.7. The second-order valence-corrected chi connectivity index (χ2v) is 6.80. The molecule has 0 atom stereocenters. The molecule has 30 heavy (non-hydrogen) atoms. The van der Waals surface area contributed by atoms with Gasteiger partial charge < -0.3 is 14.5 Å². The normalized spacial score (nSPS) is 10.9. The molecule has 0 radical (unpaired) electrons. The number of Topliss-reactive ketones (excluding diaryl/α,β-unsaturated/α-hetero) is 1. The first-order chi connectivity index (χ1) is 14.4. The van der Waals surface area contributed by atoms with E-state index in [2.05, 4.69) is 10.3 Å². The molecule has 7 nitrogen and oxygen atoms in total. The van der Waals surface area contributed by atoms with E-state index in [1.807, 2.05) is 16.7 Å². The van der Waals surface area contributed by atoms with Gasteiger partial charge in [0, 0.05) is 36.9 Å². The quantitative estimate of drug-likeness (QED) is 0.409. The number of rotatable bonds is 5. The van der Waals surface area contributed by atoms with E-state index < -0.39 is 17.4 Å². The Morgan fingerprint density at radius 1 is 1.07 bits per heavy atom. The molecule has 150 valence electrons. The topological polar surface area (TPSA) is 86.0 Å². The van der Waals surface area contributed by atoms with Crippen molar-refractivity contribution in [2.24, 2.45) is 7.05 Å². The number of nitrogens with one attached hydrogen (secondary N) is 1. The van der Waals surface area contributed by atoms with Crippen molar-refractivity contribution in [2.75, 3.05) is 5.32 Å². The molecular weight excluding hydrogens is 387 g/mol. The molecule has 1 N–H and O–H groups in total. The molecule has 0 aliphatic rings. The average Bonchev–Trinajstić information content (AvgIpc) is 3.10.